The fourth-order valence-electron chi connectivity index (χ4n) is 2.76. The van der Waals surface area contributed by atoms with E-state index in [1.54, 1.807) is 0 Å². The Kier molecular flexibility index (Phi) is 3.88. The fourth-order valence-corrected chi connectivity index (χ4v) is 2.97. The monoisotopic (exact) mass is 212 g/mol. The van der Waals surface area contributed by atoms with Crippen LogP contribution >= 0.6 is 0 Å². The molecule has 1 heterocycles. The van der Waals surface area contributed by atoms with Gasteiger partial charge in [0.25, 0.3) is 0 Å². The van der Waals surface area contributed by atoms with Crippen molar-refractivity contribution < 1.29 is 0 Å². The molecule has 0 bridgehead atoms. The molecule has 2 aliphatic rings. The minimum atomic E-state index is 0.500. The first-order valence-electron chi connectivity index (χ1n) is 5.93. The van der Waals surface area contributed by atoms with Crippen LogP contribution in [-0.4, -0.2) is 30.6 Å². The Morgan fingerprint density at radius 1 is 1.07 bits per heavy atom. The summed E-state index contributed by atoms with van der Waals surface area (Å²) in [6, 6.07) is 0.500. The molecule has 0 aromatic heterocycles. The van der Waals surface area contributed by atoms with E-state index in [1.165, 1.54) is 58.2 Å². The van der Waals surface area contributed by atoms with Crippen LogP contribution in [0.4, 0.5) is 0 Å². The SMILES string of the molecule is S=NC1CCC(CN2CCCC2)CC1. The molecule has 0 unspecified atom stereocenters. The van der Waals surface area contributed by atoms with E-state index in [4.69, 9.17) is 12.4 Å². The first kappa shape index (κ1) is 10.5. The lowest BCUT2D eigenvalue weighted by Crippen LogP contribution is -2.29. The van der Waals surface area contributed by atoms with Crippen molar-refractivity contribution in [3.8, 4) is 0 Å². The van der Waals surface area contributed by atoms with Crippen molar-refractivity contribution in [1.82, 2.24) is 4.90 Å². The molecule has 0 radical (unpaired) electrons. The smallest absolute Gasteiger partial charge is 0.0631 e. The highest BCUT2D eigenvalue weighted by Gasteiger charge is 2.23. The molecule has 1 saturated heterocycles. The van der Waals surface area contributed by atoms with E-state index in [0.717, 1.165) is 5.92 Å². The predicted molar refractivity (Wildman–Crippen MR) is 61.2 cm³/mol. The van der Waals surface area contributed by atoms with E-state index < -0.39 is 0 Å². The molecule has 14 heavy (non-hydrogen) atoms. The van der Waals surface area contributed by atoms with Crippen molar-refractivity contribution in [2.75, 3.05) is 19.6 Å². The number of nitrogens with zero attached hydrogens (tertiary/aromatic N) is 2. The average Bonchev–Trinajstić information content (AvgIpc) is 2.72. The number of hydrogen-bond donors (Lipinski definition) is 0. The maximum atomic E-state index is 4.77. The number of likely N-dealkylation sites (tertiary alicyclic amines) is 1. The molecule has 2 rings (SSSR count). The second-order valence-corrected chi connectivity index (χ2v) is 5.00. The first-order valence-corrected chi connectivity index (χ1v) is 6.30. The molecule has 1 aliphatic heterocycles. The molecular formula is C11H20N2S. The van der Waals surface area contributed by atoms with Crippen LogP contribution in [0.15, 0.2) is 4.36 Å². The maximum Gasteiger partial charge on any atom is 0.0631 e. The summed E-state index contributed by atoms with van der Waals surface area (Å²) in [5.41, 5.74) is 0. The Morgan fingerprint density at radius 2 is 1.71 bits per heavy atom. The molecular weight excluding hydrogens is 192 g/mol. The summed E-state index contributed by atoms with van der Waals surface area (Å²) in [5, 5.41) is 0. The van der Waals surface area contributed by atoms with Gasteiger partial charge in [-0.25, -0.2) is 4.36 Å². The predicted octanol–water partition coefficient (Wildman–Crippen LogP) is 2.37. The highest BCUT2D eigenvalue weighted by atomic mass is 32.1. The van der Waals surface area contributed by atoms with Gasteiger partial charge in [-0.15, -0.1) is 0 Å². The van der Waals surface area contributed by atoms with Crippen LogP contribution in [0.25, 0.3) is 0 Å². The Morgan fingerprint density at radius 3 is 2.29 bits per heavy atom. The van der Waals surface area contributed by atoms with Crippen molar-refractivity contribution in [2.24, 2.45) is 10.3 Å². The molecule has 80 valence electrons. The quantitative estimate of drug-likeness (QED) is 0.714. The molecule has 0 spiro atoms. The van der Waals surface area contributed by atoms with Gasteiger partial charge in [-0.3, -0.25) is 0 Å². The Balaban J connectivity index is 1.69. The summed E-state index contributed by atoms with van der Waals surface area (Å²) >= 11 is 4.77. The van der Waals surface area contributed by atoms with Gasteiger partial charge in [0.1, 0.15) is 0 Å². The second-order valence-electron chi connectivity index (χ2n) is 4.79. The van der Waals surface area contributed by atoms with E-state index in [9.17, 15) is 0 Å². The minimum Gasteiger partial charge on any atom is -0.303 e. The summed E-state index contributed by atoms with van der Waals surface area (Å²) in [6.07, 6.45) is 8.00. The van der Waals surface area contributed by atoms with E-state index in [0.29, 0.717) is 6.04 Å². The van der Waals surface area contributed by atoms with Crippen LogP contribution in [0.2, 0.25) is 0 Å². The number of hydrogen-bond acceptors (Lipinski definition) is 3. The molecule has 0 aromatic rings. The summed E-state index contributed by atoms with van der Waals surface area (Å²) < 4.78 is 3.98. The summed E-state index contributed by atoms with van der Waals surface area (Å²) in [4.78, 5) is 2.63. The van der Waals surface area contributed by atoms with Crippen molar-refractivity contribution in [2.45, 2.75) is 44.6 Å². The average molecular weight is 212 g/mol. The molecule has 2 fully saturated rings. The van der Waals surface area contributed by atoms with Gasteiger partial charge in [-0.05, 0) is 57.5 Å². The Bertz CT molecular complexity index is 182. The van der Waals surface area contributed by atoms with E-state index in [1.807, 2.05) is 0 Å². The van der Waals surface area contributed by atoms with Crippen LogP contribution in [0.3, 0.4) is 0 Å². The second kappa shape index (κ2) is 5.17. The van der Waals surface area contributed by atoms with Crippen LogP contribution in [0.5, 0.6) is 0 Å². The molecule has 3 heteroatoms. The van der Waals surface area contributed by atoms with E-state index in [2.05, 4.69) is 9.26 Å². The van der Waals surface area contributed by atoms with Crippen LogP contribution in [0.1, 0.15) is 38.5 Å². The fraction of sp³-hybridized carbons (Fsp3) is 1.00. The van der Waals surface area contributed by atoms with Gasteiger partial charge < -0.3 is 4.90 Å². The first-order chi connectivity index (χ1) is 6.88. The highest BCUT2D eigenvalue weighted by molar-refractivity contribution is 7.47. The third-order valence-corrected chi connectivity index (χ3v) is 3.98. The molecule has 0 amide bonds. The summed E-state index contributed by atoms with van der Waals surface area (Å²) in [5.74, 6) is 0.932. The maximum absolute atomic E-state index is 4.77. The lowest BCUT2D eigenvalue weighted by molar-refractivity contribution is 0.225. The van der Waals surface area contributed by atoms with Crippen molar-refractivity contribution in [1.29, 1.82) is 0 Å². The largest absolute Gasteiger partial charge is 0.303 e. The van der Waals surface area contributed by atoms with Gasteiger partial charge >= 0.3 is 0 Å². The molecule has 0 atom stereocenters. The van der Waals surface area contributed by atoms with Gasteiger partial charge in [0.2, 0.25) is 0 Å². The van der Waals surface area contributed by atoms with Crippen molar-refractivity contribution in [3.63, 3.8) is 0 Å². The molecule has 1 saturated carbocycles. The lowest BCUT2D eigenvalue weighted by atomic mass is 9.86. The Labute approximate surface area is 92.2 Å². The Hall–Kier alpha value is -0.0200. The molecule has 2 nitrogen and oxygen atoms in total. The zero-order valence-electron chi connectivity index (χ0n) is 8.82. The summed E-state index contributed by atoms with van der Waals surface area (Å²) in [6.45, 7) is 4.01. The normalized spacial score (nSPS) is 34.6. The molecule has 1 aliphatic carbocycles. The zero-order valence-corrected chi connectivity index (χ0v) is 9.64. The standard InChI is InChI=1S/C11H20N2S/c14-12-11-5-3-10(4-6-11)9-13-7-1-2-8-13/h10-11H,1-9H2. The topological polar surface area (TPSA) is 15.6 Å². The third-order valence-electron chi connectivity index (χ3n) is 3.68. The van der Waals surface area contributed by atoms with E-state index >= 15 is 0 Å². The van der Waals surface area contributed by atoms with Gasteiger partial charge in [0.05, 0.1) is 6.04 Å². The lowest BCUT2D eigenvalue weighted by Gasteiger charge is -2.28. The van der Waals surface area contributed by atoms with Gasteiger partial charge in [-0.1, -0.05) is 0 Å². The van der Waals surface area contributed by atoms with E-state index in [-0.39, 0.29) is 0 Å². The minimum absolute atomic E-state index is 0.500. The summed E-state index contributed by atoms with van der Waals surface area (Å²) in [7, 11) is 0. The van der Waals surface area contributed by atoms with Crippen molar-refractivity contribution in [3.05, 3.63) is 0 Å². The zero-order chi connectivity index (χ0) is 9.80. The van der Waals surface area contributed by atoms with Crippen molar-refractivity contribution >= 4 is 12.4 Å². The molecule has 0 aromatic carbocycles. The van der Waals surface area contributed by atoms with Gasteiger partial charge in [0, 0.05) is 19.0 Å². The number of rotatable bonds is 3. The van der Waals surface area contributed by atoms with Crippen LogP contribution < -0.4 is 0 Å². The van der Waals surface area contributed by atoms with Gasteiger partial charge in [-0.2, -0.15) is 0 Å². The third kappa shape index (κ3) is 2.74. The van der Waals surface area contributed by atoms with Crippen LogP contribution in [-0.2, 0) is 12.4 Å². The highest BCUT2D eigenvalue weighted by Crippen LogP contribution is 2.27. The van der Waals surface area contributed by atoms with Crippen LogP contribution in [0, 0.1) is 5.92 Å². The van der Waals surface area contributed by atoms with Gasteiger partial charge in [0.15, 0.2) is 0 Å². The molecule has 0 N–H and O–H groups in total.